The van der Waals surface area contributed by atoms with Crippen molar-refractivity contribution in [1.82, 2.24) is 15.0 Å². The lowest BCUT2D eigenvalue weighted by Crippen LogP contribution is -2.16. The van der Waals surface area contributed by atoms with Crippen molar-refractivity contribution >= 4 is 22.4 Å². The van der Waals surface area contributed by atoms with Gasteiger partial charge in [-0.15, -0.1) is 0 Å². The fraction of sp³-hybridized carbons (Fsp3) is 0.174. The van der Waals surface area contributed by atoms with E-state index in [0.717, 1.165) is 41.0 Å². The first-order valence-corrected chi connectivity index (χ1v) is 9.36. The minimum atomic E-state index is 0.671. The second kappa shape index (κ2) is 6.60. The van der Waals surface area contributed by atoms with Crippen molar-refractivity contribution in [2.24, 2.45) is 0 Å². The van der Waals surface area contributed by atoms with Crippen molar-refractivity contribution < 1.29 is 4.74 Å². The molecule has 4 aromatic rings. The average Bonchev–Trinajstić information content (AvgIpc) is 3.16. The Morgan fingerprint density at radius 2 is 1.96 bits per heavy atom. The zero-order valence-corrected chi connectivity index (χ0v) is 15.9. The average molecular weight is 368 g/mol. The maximum Gasteiger partial charge on any atom is 0.163 e. The molecule has 5 nitrogen and oxygen atoms in total. The number of aryl methyl sites for hydroxylation is 1. The van der Waals surface area contributed by atoms with Gasteiger partial charge in [-0.1, -0.05) is 12.1 Å². The standard InChI is InChI=1S/C23H20N4O/c1-15-5-6-16-9-11-27(21(16)12-15)23-19-8-7-18(28-2)13-20(19)25-22(26-23)17-4-3-10-24-14-17/h3-8,10,12-14H,9,11H2,1-2H3. The van der Waals surface area contributed by atoms with Crippen LogP contribution in [-0.4, -0.2) is 28.6 Å². The highest BCUT2D eigenvalue weighted by molar-refractivity contribution is 5.94. The number of fused-ring (bicyclic) bond motifs is 2. The summed E-state index contributed by atoms with van der Waals surface area (Å²) in [5, 5.41) is 1.02. The molecular weight excluding hydrogens is 348 g/mol. The van der Waals surface area contributed by atoms with Gasteiger partial charge in [0.05, 0.1) is 12.6 Å². The number of pyridine rings is 1. The van der Waals surface area contributed by atoms with Gasteiger partial charge in [-0.05, 0) is 54.8 Å². The van der Waals surface area contributed by atoms with Gasteiger partial charge in [-0.3, -0.25) is 4.98 Å². The number of ether oxygens (including phenoxy) is 1. The van der Waals surface area contributed by atoms with Gasteiger partial charge in [-0.2, -0.15) is 0 Å². The summed E-state index contributed by atoms with van der Waals surface area (Å²) >= 11 is 0. The largest absolute Gasteiger partial charge is 0.497 e. The highest BCUT2D eigenvalue weighted by atomic mass is 16.5. The van der Waals surface area contributed by atoms with Crippen LogP contribution in [0.2, 0.25) is 0 Å². The summed E-state index contributed by atoms with van der Waals surface area (Å²) in [7, 11) is 1.67. The third kappa shape index (κ3) is 2.76. The molecule has 2 aromatic heterocycles. The van der Waals surface area contributed by atoms with Gasteiger partial charge in [0, 0.05) is 41.6 Å². The maximum atomic E-state index is 5.42. The fourth-order valence-corrected chi connectivity index (χ4v) is 3.76. The number of nitrogens with zero attached hydrogens (tertiary/aromatic N) is 4. The second-order valence-electron chi connectivity index (χ2n) is 7.03. The third-order valence-corrected chi connectivity index (χ3v) is 5.20. The molecule has 3 heterocycles. The molecule has 0 saturated heterocycles. The van der Waals surface area contributed by atoms with E-state index in [9.17, 15) is 0 Å². The van der Waals surface area contributed by atoms with Crippen molar-refractivity contribution in [2.75, 3.05) is 18.6 Å². The lowest BCUT2D eigenvalue weighted by atomic mass is 10.1. The van der Waals surface area contributed by atoms with Crippen LogP contribution in [0, 0.1) is 6.92 Å². The van der Waals surface area contributed by atoms with Gasteiger partial charge in [0.15, 0.2) is 5.82 Å². The van der Waals surface area contributed by atoms with Gasteiger partial charge >= 0.3 is 0 Å². The fourth-order valence-electron chi connectivity index (χ4n) is 3.76. The Labute approximate surface area is 163 Å². The number of anilines is 2. The summed E-state index contributed by atoms with van der Waals surface area (Å²) in [4.78, 5) is 16.3. The Kier molecular flexibility index (Phi) is 3.93. The van der Waals surface area contributed by atoms with Gasteiger partial charge in [0.1, 0.15) is 11.6 Å². The Balaban J connectivity index is 1.75. The van der Waals surface area contributed by atoms with E-state index >= 15 is 0 Å². The quantitative estimate of drug-likeness (QED) is 0.524. The molecule has 138 valence electrons. The van der Waals surface area contributed by atoms with Crippen LogP contribution >= 0.6 is 0 Å². The molecular formula is C23H20N4O. The van der Waals surface area contributed by atoms with Crippen LogP contribution in [0.25, 0.3) is 22.3 Å². The number of hydrogen-bond donors (Lipinski definition) is 0. The predicted molar refractivity (Wildman–Crippen MR) is 111 cm³/mol. The summed E-state index contributed by atoms with van der Waals surface area (Å²) in [6.07, 6.45) is 4.57. The van der Waals surface area contributed by atoms with Crippen LogP contribution in [0.15, 0.2) is 60.9 Å². The summed E-state index contributed by atoms with van der Waals surface area (Å²) < 4.78 is 5.42. The van der Waals surface area contributed by atoms with E-state index in [1.54, 1.807) is 19.5 Å². The molecule has 0 bridgehead atoms. The molecule has 1 aliphatic heterocycles. The lowest BCUT2D eigenvalue weighted by molar-refractivity contribution is 0.415. The van der Waals surface area contributed by atoms with Crippen molar-refractivity contribution in [3.05, 3.63) is 72.1 Å². The molecule has 0 spiro atoms. The number of hydrogen-bond acceptors (Lipinski definition) is 5. The summed E-state index contributed by atoms with van der Waals surface area (Å²) in [5.41, 5.74) is 5.60. The maximum absolute atomic E-state index is 5.42. The first-order valence-electron chi connectivity index (χ1n) is 9.36. The normalized spacial score (nSPS) is 13.0. The number of benzene rings is 2. The zero-order valence-electron chi connectivity index (χ0n) is 15.9. The molecule has 28 heavy (non-hydrogen) atoms. The van der Waals surface area contributed by atoms with Gasteiger partial charge in [0.2, 0.25) is 0 Å². The molecule has 0 atom stereocenters. The molecule has 5 rings (SSSR count). The highest BCUT2D eigenvalue weighted by Gasteiger charge is 2.24. The van der Waals surface area contributed by atoms with Crippen LogP contribution in [0.1, 0.15) is 11.1 Å². The van der Waals surface area contributed by atoms with E-state index in [2.05, 4.69) is 35.0 Å². The molecule has 0 radical (unpaired) electrons. The Morgan fingerprint density at radius 3 is 2.79 bits per heavy atom. The molecule has 2 aromatic carbocycles. The molecule has 0 amide bonds. The van der Waals surface area contributed by atoms with E-state index in [4.69, 9.17) is 14.7 Å². The van der Waals surface area contributed by atoms with Crippen molar-refractivity contribution in [2.45, 2.75) is 13.3 Å². The lowest BCUT2D eigenvalue weighted by Gasteiger charge is -2.21. The highest BCUT2D eigenvalue weighted by Crippen LogP contribution is 2.38. The minimum Gasteiger partial charge on any atom is -0.497 e. The van der Waals surface area contributed by atoms with Crippen molar-refractivity contribution in [1.29, 1.82) is 0 Å². The van der Waals surface area contributed by atoms with Crippen LogP contribution in [-0.2, 0) is 6.42 Å². The van der Waals surface area contributed by atoms with Gasteiger partial charge in [-0.25, -0.2) is 9.97 Å². The smallest absolute Gasteiger partial charge is 0.163 e. The van der Waals surface area contributed by atoms with Gasteiger partial charge < -0.3 is 9.64 Å². The Hall–Kier alpha value is -3.47. The first kappa shape index (κ1) is 16.7. The summed E-state index contributed by atoms with van der Waals surface area (Å²) in [6.45, 7) is 3.03. The third-order valence-electron chi connectivity index (χ3n) is 5.20. The number of aromatic nitrogens is 3. The Morgan fingerprint density at radius 1 is 1.04 bits per heavy atom. The number of methoxy groups -OCH3 is 1. The second-order valence-corrected chi connectivity index (χ2v) is 7.03. The molecule has 0 N–H and O–H groups in total. The summed E-state index contributed by atoms with van der Waals surface area (Å²) in [5.74, 6) is 2.38. The Bertz CT molecular complexity index is 1170. The first-order chi connectivity index (χ1) is 13.7. The van der Waals surface area contributed by atoms with Crippen LogP contribution in [0.3, 0.4) is 0 Å². The molecule has 0 aliphatic carbocycles. The topological polar surface area (TPSA) is 51.1 Å². The molecule has 1 aliphatic rings. The number of rotatable bonds is 3. The monoisotopic (exact) mass is 368 g/mol. The molecule has 5 heteroatoms. The van der Waals surface area contributed by atoms with E-state index in [-0.39, 0.29) is 0 Å². The molecule has 0 saturated carbocycles. The van der Waals surface area contributed by atoms with E-state index < -0.39 is 0 Å². The van der Waals surface area contributed by atoms with Crippen LogP contribution in [0.4, 0.5) is 11.5 Å². The van der Waals surface area contributed by atoms with Gasteiger partial charge in [0.25, 0.3) is 0 Å². The SMILES string of the molecule is COc1ccc2c(N3CCc4ccc(C)cc43)nc(-c3cccnc3)nc2c1. The van der Waals surface area contributed by atoms with Crippen LogP contribution < -0.4 is 9.64 Å². The minimum absolute atomic E-state index is 0.671. The van der Waals surface area contributed by atoms with E-state index in [0.29, 0.717) is 5.82 Å². The molecule has 0 unspecified atom stereocenters. The predicted octanol–water partition coefficient (Wildman–Crippen LogP) is 4.70. The van der Waals surface area contributed by atoms with E-state index in [1.807, 2.05) is 30.3 Å². The molecule has 0 fully saturated rings. The zero-order chi connectivity index (χ0) is 19.1. The van der Waals surface area contributed by atoms with Crippen LogP contribution in [0.5, 0.6) is 5.75 Å². The van der Waals surface area contributed by atoms with Crippen molar-refractivity contribution in [3.63, 3.8) is 0 Å². The summed E-state index contributed by atoms with van der Waals surface area (Å²) in [6, 6.07) is 16.5. The van der Waals surface area contributed by atoms with Crippen molar-refractivity contribution in [3.8, 4) is 17.1 Å². The van der Waals surface area contributed by atoms with E-state index in [1.165, 1.54) is 16.8 Å².